The maximum absolute atomic E-state index is 12.1. The fourth-order valence-corrected chi connectivity index (χ4v) is 2.08. The molecule has 1 saturated carbocycles. The zero-order chi connectivity index (χ0) is 12.7. The van der Waals surface area contributed by atoms with E-state index in [1.807, 2.05) is 19.9 Å². The van der Waals surface area contributed by atoms with Gasteiger partial charge in [0.1, 0.15) is 5.69 Å². The third-order valence-corrected chi connectivity index (χ3v) is 3.25. The number of imidazole rings is 1. The first-order chi connectivity index (χ1) is 8.65. The van der Waals surface area contributed by atoms with E-state index in [4.69, 9.17) is 0 Å². The van der Waals surface area contributed by atoms with Gasteiger partial charge in [0.05, 0.1) is 11.9 Å². The third kappa shape index (κ3) is 1.96. The second kappa shape index (κ2) is 4.08. The molecule has 3 rings (SSSR count). The van der Waals surface area contributed by atoms with Gasteiger partial charge in [-0.2, -0.15) is 5.10 Å². The molecule has 2 aromatic rings. The summed E-state index contributed by atoms with van der Waals surface area (Å²) >= 11 is 0. The van der Waals surface area contributed by atoms with Gasteiger partial charge in [0.25, 0.3) is 5.91 Å². The summed E-state index contributed by atoms with van der Waals surface area (Å²) in [7, 11) is 0. The van der Waals surface area contributed by atoms with Gasteiger partial charge >= 0.3 is 0 Å². The average Bonchev–Trinajstić information content (AvgIpc) is 3.05. The van der Waals surface area contributed by atoms with Crippen molar-refractivity contribution >= 4 is 11.6 Å². The number of hydrogen-bond acceptors (Lipinski definition) is 3. The summed E-state index contributed by atoms with van der Waals surface area (Å²) in [5.41, 5.74) is 3.17. The first kappa shape index (κ1) is 11.2. The zero-order valence-corrected chi connectivity index (χ0v) is 10.6. The monoisotopic (exact) mass is 244 g/mol. The molecule has 94 valence electrons. The van der Waals surface area contributed by atoms with Crippen LogP contribution in [0.2, 0.25) is 0 Å². The van der Waals surface area contributed by atoms with E-state index in [9.17, 15) is 4.79 Å². The fraction of sp³-hybridized carbons (Fsp3) is 0.462. The van der Waals surface area contributed by atoms with Crippen molar-refractivity contribution in [1.29, 1.82) is 0 Å². The first-order valence-corrected chi connectivity index (χ1v) is 6.25. The number of amides is 1. The number of aryl methyl sites for hydroxylation is 2. The van der Waals surface area contributed by atoms with E-state index in [-0.39, 0.29) is 5.91 Å². The molecule has 1 aliphatic carbocycles. The van der Waals surface area contributed by atoms with Gasteiger partial charge in [0, 0.05) is 6.54 Å². The van der Waals surface area contributed by atoms with Gasteiger partial charge in [-0.15, -0.1) is 0 Å². The minimum Gasteiger partial charge on any atom is -0.350 e. The van der Waals surface area contributed by atoms with E-state index in [0.717, 1.165) is 23.4 Å². The Morgan fingerprint density at radius 2 is 2.28 bits per heavy atom. The van der Waals surface area contributed by atoms with Gasteiger partial charge in [-0.25, -0.2) is 9.50 Å². The molecule has 0 unspecified atom stereocenters. The molecule has 0 bridgehead atoms. The SMILES string of the molecule is Cc1cc(C)c2ncc(C(=O)NCC3CC3)n2n1. The van der Waals surface area contributed by atoms with Crippen LogP contribution in [0.1, 0.15) is 34.6 Å². The summed E-state index contributed by atoms with van der Waals surface area (Å²) in [6.45, 7) is 4.65. The van der Waals surface area contributed by atoms with Crippen LogP contribution in [0, 0.1) is 19.8 Å². The average molecular weight is 244 g/mol. The molecule has 0 radical (unpaired) electrons. The van der Waals surface area contributed by atoms with E-state index in [1.54, 1.807) is 10.7 Å². The molecule has 0 aromatic carbocycles. The molecule has 18 heavy (non-hydrogen) atoms. The van der Waals surface area contributed by atoms with E-state index in [1.165, 1.54) is 12.8 Å². The van der Waals surface area contributed by atoms with Crippen LogP contribution in [0.15, 0.2) is 12.3 Å². The molecule has 1 amide bonds. The van der Waals surface area contributed by atoms with Crippen molar-refractivity contribution in [1.82, 2.24) is 19.9 Å². The van der Waals surface area contributed by atoms with Crippen molar-refractivity contribution in [3.05, 3.63) is 29.2 Å². The molecule has 0 saturated heterocycles. The molecule has 1 aliphatic rings. The van der Waals surface area contributed by atoms with Crippen LogP contribution < -0.4 is 5.32 Å². The number of nitrogens with zero attached hydrogens (tertiary/aromatic N) is 3. The smallest absolute Gasteiger partial charge is 0.271 e. The van der Waals surface area contributed by atoms with Crippen LogP contribution in [-0.4, -0.2) is 27.0 Å². The third-order valence-electron chi connectivity index (χ3n) is 3.25. The highest BCUT2D eigenvalue weighted by Gasteiger charge is 2.23. The van der Waals surface area contributed by atoms with E-state index in [2.05, 4.69) is 15.4 Å². The normalized spacial score (nSPS) is 15.0. The maximum Gasteiger partial charge on any atom is 0.271 e. The summed E-state index contributed by atoms with van der Waals surface area (Å²) in [6.07, 6.45) is 4.05. The predicted octanol–water partition coefficient (Wildman–Crippen LogP) is 1.49. The maximum atomic E-state index is 12.1. The molecule has 0 atom stereocenters. The molecule has 5 heteroatoms. The molecular weight excluding hydrogens is 228 g/mol. The lowest BCUT2D eigenvalue weighted by Crippen LogP contribution is -2.27. The highest BCUT2D eigenvalue weighted by Crippen LogP contribution is 2.27. The Morgan fingerprint density at radius 1 is 1.50 bits per heavy atom. The Bertz CT molecular complexity index is 613. The summed E-state index contributed by atoms with van der Waals surface area (Å²) in [5, 5.41) is 7.29. The standard InChI is InChI=1S/C13H16N4O/c1-8-5-9(2)16-17-11(7-14-12(8)17)13(18)15-6-10-3-4-10/h5,7,10H,3-4,6H2,1-2H3,(H,15,18). The van der Waals surface area contributed by atoms with Gasteiger partial charge < -0.3 is 5.32 Å². The van der Waals surface area contributed by atoms with Crippen molar-refractivity contribution < 1.29 is 4.79 Å². The second-order valence-electron chi connectivity index (χ2n) is 5.00. The number of carbonyl (C=O) groups excluding carboxylic acids is 1. The summed E-state index contributed by atoms with van der Waals surface area (Å²) in [4.78, 5) is 16.3. The Labute approximate surface area is 105 Å². The predicted molar refractivity (Wildman–Crippen MR) is 67.5 cm³/mol. The summed E-state index contributed by atoms with van der Waals surface area (Å²) < 4.78 is 1.63. The largest absolute Gasteiger partial charge is 0.350 e. The van der Waals surface area contributed by atoms with Gasteiger partial charge in [0.2, 0.25) is 0 Å². The molecule has 5 nitrogen and oxygen atoms in total. The quantitative estimate of drug-likeness (QED) is 0.889. The van der Waals surface area contributed by atoms with Crippen LogP contribution in [0.4, 0.5) is 0 Å². The van der Waals surface area contributed by atoms with Crippen molar-refractivity contribution in [2.75, 3.05) is 6.54 Å². The molecule has 2 aromatic heterocycles. The Kier molecular flexibility index (Phi) is 2.54. The lowest BCUT2D eigenvalue weighted by atomic mass is 10.3. The summed E-state index contributed by atoms with van der Waals surface area (Å²) in [6, 6.07) is 1.97. The lowest BCUT2D eigenvalue weighted by Gasteiger charge is -2.04. The number of carbonyl (C=O) groups is 1. The number of hydrogen-bond donors (Lipinski definition) is 1. The van der Waals surface area contributed by atoms with Gasteiger partial charge in [0.15, 0.2) is 5.65 Å². The summed E-state index contributed by atoms with van der Waals surface area (Å²) in [5.74, 6) is 0.580. The van der Waals surface area contributed by atoms with Crippen molar-refractivity contribution in [3.8, 4) is 0 Å². The Hall–Kier alpha value is -1.91. The van der Waals surface area contributed by atoms with Crippen LogP contribution in [0.5, 0.6) is 0 Å². The minimum absolute atomic E-state index is 0.0908. The Balaban J connectivity index is 1.93. The van der Waals surface area contributed by atoms with E-state index < -0.39 is 0 Å². The number of aromatic nitrogens is 3. The van der Waals surface area contributed by atoms with Gasteiger partial charge in [-0.05, 0) is 44.2 Å². The topological polar surface area (TPSA) is 59.3 Å². The van der Waals surface area contributed by atoms with Gasteiger partial charge in [-0.3, -0.25) is 4.79 Å². The lowest BCUT2D eigenvalue weighted by molar-refractivity contribution is 0.0944. The molecule has 0 spiro atoms. The van der Waals surface area contributed by atoms with Crippen molar-refractivity contribution in [2.45, 2.75) is 26.7 Å². The molecule has 1 fully saturated rings. The first-order valence-electron chi connectivity index (χ1n) is 6.25. The van der Waals surface area contributed by atoms with Crippen LogP contribution in [0.25, 0.3) is 5.65 Å². The molecule has 2 heterocycles. The highest BCUT2D eigenvalue weighted by atomic mass is 16.2. The van der Waals surface area contributed by atoms with Crippen LogP contribution in [-0.2, 0) is 0 Å². The Morgan fingerprint density at radius 3 is 3.00 bits per heavy atom. The zero-order valence-electron chi connectivity index (χ0n) is 10.6. The van der Waals surface area contributed by atoms with Crippen LogP contribution >= 0.6 is 0 Å². The second-order valence-corrected chi connectivity index (χ2v) is 5.00. The molecule has 1 N–H and O–H groups in total. The number of rotatable bonds is 3. The van der Waals surface area contributed by atoms with E-state index >= 15 is 0 Å². The molecule has 0 aliphatic heterocycles. The fourth-order valence-electron chi connectivity index (χ4n) is 2.08. The number of nitrogens with one attached hydrogen (secondary N) is 1. The highest BCUT2D eigenvalue weighted by molar-refractivity contribution is 5.93. The van der Waals surface area contributed by atoms with Crippen LogP contribution in [0.3, 0.4) is 0 Å². The van der Waals surface area contributed by atoms with Crippen molar-refractivity contribution in [2.24, 2.45) is 5.92 Å². The molecular formula is C13H16N4O. The van der Waals surface area contributed by atoms with E-state index in [0.29, 0.717) is 11.6 Å². The van der Waals surface area contributed by atoms with Crippen molar-refractivity contribution in [3.63, 3.8) is 0 Å². The number of fused-ring (bicyclic) bond motifs is 1. The van der Waals surface area contributed by atoms with Gasteiger partial charge in [-0.1, -0.05) is 0 Å². The minimum atomic E-state index is -0.0908.